The van der Waals surface area contributed by atoms with Crippen molar-refractivity contribution in [1.29, 1.82) is 0 Å². The van der Waals surface area contributed by atoms with Gasteiger partial charge in [-0.25, -0.2) is 4.79 Å². The molecular weight excluding hydrogens is 252 g/mol. The van der Waals surface area contributed by atoms with Crippen molar-refractivity contribution >= 4 is 6.16 Å². The Morgan fingerprint density at radius 2 is 1.10 bits per heavy atom. The SMILES string of the molecule is CC(OC(=O)OC(C)c1ccccc1)c1ccccc1. The lowest BCUT2D eigenvalue weighted by Crippen LogP contribution is -2.13. The summed E-state index contributed by atoms with van der Waals surface area (Å²) in [6, 6.07) is 19.1. The first-order valence-electron chi connectivity index (χ1n) is 6.64. The molecule has 0 aliphatic carbocycles. The van der Waals surface area contributed by atoms with Crippen LogP contribution in [0.2, 0.25) is 0 Å². The Labute approximate surface area is 119 Å². The number of ether oxygens (including phenoxy) is 2. The largest absolute Gasteiger partial charge is 0.509 e. The first-order valence-corrected chi connectivity index (χ1v) is 6.64. The van der Waals surface area contributed by atoms with Crippen LogP contribution in [-0.4, -0.2) is 6.16 Å². The summed E-state index contributed by atoms with van der Waals surface area (Å²) >= 11 is 0. The van der Waals surface area contributed by atoms with E-state index in [4.69, 9.17) is 9.47 Å². The second-order valence-electron chi connectivity index (χ2n) is 4.59. The van der Waals surface area contributed by atoms with Crippen LogP contribution in [0, 0.1) is 0 Å². The fourth-order valence-electron chi connectivity index (χ4n) is 1.90. The Balaban J connectivity index is 1.90. The summed E-state index contributed by atoms with van der Waals surface area (Å²) in [5, 5.41) is 0. The molecule has 2 atom stereocenters. The molecule has 0 saturated carbocycles. The normalized spacial score (nSPS) is 13.3. The molecule has 0 N–H and O–H groups in total. The summed E-state index contributed by atoms with van der Waals surface area (Å²) in [6.45, 7) is 3.65. The van der Waals surface area contributed by atoms with Gasteiger partial charge in [0.25, 0.3) is 0 Å². The fraction of sp³-hybridized carbons (Fsp3) is 0.235. The van der Waals surface area contributed by atoms with Crippen LogP contribution in [0.1, 0.15) is 37.2 Å². The van der Waals surface area contributed by atoms with Crippen LogP contribution in [-0.2, 0) is 9.47 Å². The van der Waals surface area contributed by atoms with E-state index in [-0.39, 0.29) is 12.2 Å². The molecule has 2 aromatic rings. The maximum atomic E-state index is 11.8. The Hall–Kier alpha value is -2.29. The Kier molecular flexibility index (Phi) is 4.77. The summed E-state index contributed by atoms with van der Waals surface area (Å²) in [4.78, 5) is 11.8. The molecule has 2 aromatic carbocycles. The topological polar surface area (TPSA) is 35.5 Å². The van der Waals surface area contributed by atoms with E-state index < -0.39 is 6.16 Å². The van der Waals surface area contributed by atoms with E-state index in [9.17, 15) is 4.79 Å². The first-order chi connectivity index (χ1) is 9.66. The highest BCUT2D eigenvalue weighted by Crippen LogP contribution is 2.20. The molecule has 0 fully saturated rings. The molecule has 20 heavy (non-hydrogen) atoms. The van der Waals surface area contributed by atoms with Gasteiger partial charge >= 0.3 is 6.16 Å². The first kappa shape index (κ1) is 14.1. The van der Waals surface area contributed by atoms with Crippen LogP contribution in [0.3, 0.4) is 0 Å². The minimum absolute atomic E-state index is 0.327. The van der Waals surface area contributed by atoms with Crippen molar-refractivity contribution in [3.8, 4) is 0 Å². The summed E-state index contributed by atoms with van der Waals surface area (Å²) in [5.41, 5.74) is 1.88. The van der Waals surface area contributed by atoms with Crippen LogP contribution < -0.4 is 0 Å². The van der Waals surface area contributed by atoms with E-state index >= 15 is 0 Å². The zero-order valence-corrected chi connectivity index (χ0v) is 11.7. The smallest absolute Gasteiger partial charge is 0.426 e. The zero-order valence-electron chi connectivity index (χ0n) is 11.7. The number of carbonyl (C=O) groups excluding carboxylic acids is 1. The van der Waals surface area contributed by atoms with Gasteiger partial charge in [0.05, 0.1) is 0 Å². The van der Waals surface area contributed by atoms with Gasteiger partial charge in [-0.1, -0.05) is 60.7 Å². The fourth-order valence-corrected chi connectivity index (χ4v) is 1.90. The number of carbonyl (C=O) groups is 1. The molecule has 0 saturated heterocycles. The van der Waals surface area contributed by atoms with Gasteiger partial charge in [-0.2, -0.15) is 0 Å². The van der Waals surface area contributed by atoms with Crippen LogP contribution in [0.5, 0.6) is 0 Å². The quantitative estimate of drug-likeness (QED) is 0.758. The van der Waals surface area contributed by atoms with Crippen LogP contribution in [0.15, 0.2) is 60.7 Å². The second-order valence-corrected chi connectivity index (χ2v) is 4.59. The van der Waals surface area contributed by atoms with E-state index in [1.807, 2.05) is 74.5 Å². The number of benzene rings is 2. The maximum Gasteiger partial charge on any atom is 0.509 e. The van der Waals surface area contributed by atoms with Gasteiger partial charge in [-0.15, -0.1) is 0 Å². The van der Waals surface area contributed by atoms with E-state index in [1.54, 1.807) is 0 Å². The van der Waals surface area contributed by atoms with Crippen LogP contribution in [0.25, 0.3) is 0 Å². The van der Waals surface area contributed by atoms with E-state index in [0.717, 1.165) is 11.1 Å². The Bertz CT molecular complexity index is 487. The van der Waals surface area contributed by atoms with Crippen LogP contribution >= 0.6 is 0 Å². The van der Waals surface area contributed by atoms with Gasteiger partial charge in [0.2, 0.25) is 0 Å². The molecular formula is C17H18O3. The third kappa shape index (κ3) is 3.85. The summed E-state index contributed by atoms with van der Waals surface area (Å²) in [6.07, 6.45) is -1.31. The molecule has 0 heterocycles. The highest BCUT2D eigenvalue weighted by atomic mass is 16.7. The predicted octanol–water partition coefficient (Wildman–Crippen LogP) is 4.66. The number of hydrogen-bond acceptors (Lipinski definition) is 3. The van der Waals surface area contributed by atoms with Gasteiger partial charge in [0, 0.05) is 0 Å². The lowest BCUT2D eigenvalue weighted by Gasteiger charge is -2.17. The van der Waals surface area contributed by atoms with E-state index in [2.05, 4.69) is 0 Å². The molecule has 0 radical (unpaired) electrons. The molecule has 0 spiro atoms. The Morgan fingerprint density at radius 3 is 1.45 bits per heavy atom. The third-order valence-electron chi connectivity index (χ3n) is 3.08. The highest BCUT2D eigenvalue weighted by molar-refractivity contribution is 5.60. The molecule has 0 aromatic heterocycles. The van der Waals surface area contributed by atoms with Crippen molar-refractivity contribution < 1.29 is 14.3 Å². The van der Waals surface area contributed by atoms with Gasteiger partial charge in [0.15, 0.2) is 0 Å². The molecule has 2 rings (SSSR count). The average Bonchev–Trinajstić information content (AvgIpc) is 2.49. The number of hydrogen-bond donors (Lipinski definition) is 0. The molecule has 0 amide bonds. The lowest BCUT2D eigenvalue weighted by molar-refractivity contribution is 0.00626. The standard InChI is InChI=1S/C17H18O3/c1-13(15-9-5-3-6-10-15)19-17(18)20-14(2)16-11-7-4-8-12-16/h3-14H,1-2H3. The molecule has 2 unspecified atom stereocenters. The predicted molar refractivity (Wildman–Crippen MR) is 77.3 cm³/mol. The molecule has 104 valence electrons. The van der Waals surface area contributed by atoms with Gasteiger partial charge in [-0.05, 0) is 25.0 Å². The molecule has 0 aliphatic rings. The highest BCUT2D eigenvalue weighted by Gasteiger charge is 2.16. The van der Waals surface area contributed by atoms with Crippen molar-refractivity contribution in [3.05, 3.63) is 71.8 Å². The van der Waals surface area contributed by atoms with Crippen molar-refractivity contribution in [2.45, 2.75) is 26.1 Å². The average molecular weight is 270 g/mol. The molecule has 3 nitrogen and oxygen atoms in total. The summed E-state index contributed by atoms with van der Waals surface area (Å²) < 4.78 is 10.5. The molecule has 3 heteroatoms. The van der Waals surface area contributed by atoms with E-state index in [1.165, 1.54) is 0 Å². The summed E-state index contributed by atoms with van der Waals surface area (Å²) in [7, 11) is 0. The second kappa shape index (κ2) is 6.75. The minimum Gasteiger partial charge on any atom is -0.426 e. The lowest BCUT2D eigenvalue weighted by atomic mass is 10.1. The van der Waals surface area contributed by atoms with Crippen molar-refractivity contribution in [3.63, 3.8) is 0 Å². The maximum absolute atomic E-state index is 11.8. The van der Waals surface area contributed by atoms with Crippen molar-refractivity contribution in [1.82, 2.24) is 0 Å². The zero-order chi connectivity index (χ0) is 14.4. The summed E-state index contributed by atoms with van der Waals surface area (Å²) in [5.74, 6) is 0. The third-order valence-corrected chi connectivity index (χ3v) is 3.08. The Morgan fingerprint density at radius 1 is 0.750 bits per heavy atom. The molecule has 0 aliphatic heterocycles. The van der Waals surface area contributed by atoms with Crippen molar-refractivity contribution in [2.75, 3.05) is 0 Å². The van der Waals surface area contributed by atoms with Gasteiger partial charge in [0.1, 0.15) is 12.2 Å². The monoisotopic (exact) mass is 270 g/mol. The minimum atomic E-state index is -0.655. The van der Waals surface area contributed by atoms with Crippen LogP contribution in [0.4, 0.5) is 4.79 Å². The van der Waals surface area contributed by atoms with E-state index in [0.29, 0.717) is 0 Å². The molecule has 0 bridgehead atoms. The number of rotatable bonds is 4. The van der Waals surface area contributed by atoms with Crippen molar-refractivity contribution in [2.24, 2.45) is 0 Å². The van der Waals surface area contributed by atoms with Gasteiger partial charge in [-0.3, -0.25) is 0 Å². The van der Waals surface area contributed by atoms with Gasteiger partial charge < -0.3 is 9.47 Å².